The van der Waals surface area contributed by atoms with Gasteiger partial charge >= 0.3 is 0 Å². The molecule has 0 saturated heterocycles. The van der Waals surface area contributed by atoms with Gasteiger partial charge in [0.25, 0.3) is 0 Å². The minimum atomic E-state index is -3.50. The molecule has 3 rings (SSSR count). The van der Waals surface area contributed by atoms with Crippen LogP contribution in [0.25, 0.3) is 0 Å². The summed E-state index contributed by atoms with van der Waals surface area (Å²) >= 11 is 0. The molecule has 176 valence electrons. The lowest BCUT2D eigenvalue weighted by Crippen LogP contribution is -2.38. The largest absolute Gasteiger partial charge is 0.292 e. The smallest absolute Gasteiger partial charge is 0.242 e. The molecule has 4 nitrogen and oxygen atoms in total. The number of hydrogen-bond acceptors (Lipinski definition) is 3. The zero-order valence-electron chi connectivity index (χ0n) is 20.0. The van der Waals surface area contributed by atoms with Crippen molar-refractivity contribution in [3.8, 4) is 0 Å². The van der Waals surface area contributed by atoms with Crippen LogP contribution in [0.1, 0.15) is 42.9 Å². The standard InChI is InChI=1S/C28H36N2O2S/c1-4-11-27(20-21-29(3)33(31,32)28-18-16-24(2)17-19-28)30(22-25-12-7-5-8-13-25)23-26-14-9-6-10-15-26/h5-10,12-19,27H,4,11,20-23H2,1-3H3/t27-/m1/s1. The number of rotatable bonds is 12. The Balaban J connectivity index is 1.76. The number of benzene rings is 3. The lowest BCUT2D eigenvalue weighted by atomic mass is 10.0. The molecule has 0 aromatic heterocycles. The first-order valence-corrected chi connectivity index (χ1v) is 13.2. The second kappa shape index (κ2) is 12.1. The van der Waals surface area contributed by atoms with Gasteiger partial charge in [0.15, 0.2) is 0 Å². The van der Waals surface area contributed by atoms with Crippen molar-refractivity contribution < 1.29 is 8.42 Å². The number of hydrogen-bond donors (Lipinski definition) is 0. The molecule has 0 aliphatic heterocycles. The van der Waals surface area contributed by atoms with Crippen molar-refractivity contribution in [3.05, 3.63) is 102 Å². The number of nitrogens with zero attached hydrogens (tertiary/aromatic N) is 2. The molecule has 0 heterocycles. The molecule has 1 atom stereocenters. The highest BCUT2D eigenvalue weighted by molar-refractivity contribution is 7.89. The lowest BCUT2D eigenvalue weighted by molar-refractivity contribution is 0.153. The Hall–Kier alpha value is -2.47. The zero-order valence-corrected chi connectivity index (χ0v) is 20.8. The summed E-state index contributed by atoms with van der Waals surface area (Å²) in [6, 6.07) is 28.4. The summed E-state index contributed by atoms with van der Waals surface area (Å²) in [6.07, 6.45) is 2.87. The molecular formula is C28H36N2O2S. The summed E-state index contributed by atoms with van der Waals surface area (Å²) in [5, 5.41) is 0. The van der Waals surface area contributed by atoms with Gasteiger partial charge in [0, 0.05) is 32.7 Å². The average Bonchev–Trinajstić information content (AvgIpc) is 2.82. The molecule has 0 aliphatic carbocycles. The summed E-state index contributed by atoms with van der Waals surface area (Å²) < 4.78 is 27.7. The van der Waals surface area contributed by atoms with Gasteiger partial charge in [0.05, 0.1) is 4.90 Å². The van der Waals surface area contributed by atoms with Gasteiger partial charge in [-0.2, -0.15) is 0 Å². The average molecular weight is 465 g/mol. The molecule has 3 aromatic carbocycles. The summed E-state index contributed by atoms with van der Waals surface area (Å²) in [6.45, 7) is 6.33. The van der Waals surface area contributed by atoms with Crippen molar-refractivity contribution in [2.24, 2.45) is 0 Å². The van der Waals surface area contributed by atoms with Gasteiger partial charge in [0.2, 0.25) is 10.0 Å². The van der Waals surface area contributed by atoms with E-state index in [1.54, 1.807) is 19.2 Å². The first-order chi connectivity index (χ1) is 15.9. The first-order valence-electron chi connectivity index (χ1n) is 11.7. The molecule has 0 N–H and O–H groups in total. The third-order valence-corrected chi connectivity index (χ3v) is 7.97. The molecule has 33 heavy (non-hydrogen) atoms. The Labute approximate surface area is 199 Å². The molecule has 0 spiro atoms. The summed E-state index contributed by atoms with van der Waals surface area (Å²) in [7, 11) is -1.80. The van der Waals surface area contributed by atoms with Crippen LogP contribution in [-0.4, -0.2) is 37.3 Å². The Morgan fingerprint density at radius 1 is 0.758 bits per heavy atom. The minimum absolute atomic E-state index is 0.283. The van der Waals surface area contributed by atoms with E-state index >= 15 is 0 Å². The fraction of sp³-hybridized carbons (Fsp3) is 0.357. The Kier molecular flexibility index (Phi) is 9.24. The summed E-state index contributed by atoms with van der Waals surface area (Å²) in [4.78, 5) is 2.86. The fourth-order valence-electron chi connectivity index (χ4n) is 4.13. The van der Waals surface area contributed by atoms with Gasteiger partial charge < -0.3 is 0 Å². The van der Waals surface area contributed by atoms with Crippen molar-refractivity contribution in [2.75, 3.05) is 13.6 Å². The van der Waals surface area contributed by atoms with Gasteiger partial charge in [-0.15, -0.1) is 0 Å². The van der Waals surface area contributed by atoms with Gasteiger partial charge in [0.1, 0.15) is 0 Å². The van der Waals surface area contributed by atoms with E-state index in [1.165, 1.54) is 15.4 Å². The fourth-order valence-corrected chi connectivity index (χ4v) is 5.32. The second-order valence-corrected chi connectivity index (χ2v) is 10.8. The number of sulfonamides is 1. The van der Waals surface area contributed by atoms with Crippen molar-refractivity contribution in [1.82, 2.24) is 9.21 Å². The highest BCUT2D eigenvalue weighted by atomic mass is 32.2. The van der Waals surface area contributed by atoms with Crippen LogP contribution >= 0.6 is 0 Å². The van der Waals surface area contributed by atoms with E-state index < -0.39 is 10.0 Å². The number of aryl methyl sites for hydroxylation is 1. The van der Waals surface area contributed by atoms with Crippen LogP contribution in [0, 0.1) is 6.92 Å². The van der Waals surface area contributed by atoms with Crippen LogP contribution in [0.15, 0.2) is 89.8 Å². The Morgan fingerprint density at radius 2 is 1.27 bits per heavy atom. The molecule has 0 bridgehead atoms. The van der Waals surface area contributed by atoms with Gasteiger partial charge in [-0.25, -0.2) is 12.7 Å². The highest BCUT2D eigenvalue weighted by Gasteiger charge is 2.24. The predicted octanol–water partition coefficient (Wildman–Crippen LogP) is 5.88. The summed E-state index contributed by atoms with van der Waals surface area (Å²) in [5.74, 6) is 0. The molecule has 0 unspecified atom stereocenters. The quantitative estimate of drug-likeness (QED) is 0.336. The van der Waals surface area contributed by atoms with Crippen molar-refractivity contribution in [1.29, 1.82) is 0 Å². The van der Waals surface area contributed by atoms with Crippen molar-refractivity contribution in [3.63, 3.8) is 0 Å². The van der Waals surface area contributed by atoms with E-state index in [2.05, 4.69) is 60.4 Å². The van der Waals surface area contributed by atoms with Crippen molar-refractivity contribution in [2.45, 2.75) is 57.1 Å². The van der Waals surface area contributed by atoms with Crippen LogP contribution in [0.5, 0.6) is 0 Å². The maximum Gasteiger partial charge on any atom is 0.242 e. The third-order valence-electron chi connectivity index (χ3n) is 6.10. The maximum absolute atomic E-state index is 13.1. The van der Waals surface area contributed by atoms with E-state index in [0.717, 1.165) is 37.9 Å². The molecular weight excluding hydrogens is 428 g/mol. The molecule has 0 amide bonds. The maximum atomic E-state index is 13.1. The predicted molar refractivity (Wildman–Crippen MR) is 136 cm³/mol. The molecule has 5 heteroatoms. The van der Waals surface area contributed by atoms with Crippen LogP contribution < -0.4 is 0 Å². The zero-order chi connectivity index (χ0) is 23.7. The monoisotopic (exact) mass is 464 g/mol. The van der Waals surface area contributed by atoms with Crippen LogP contribution in [0.4, 0.5) is 0 Å². The lowest BCUT2D eigenvalue weighted by Gasteiger charge is -2.33. The van der Waals surface area contributed by atoms with Crippen molar-refractivity contribution >= 4 is 10.0 Å². The second-order valence-electron chi connectivity index (χ2n) is 8.75. The van der Waals surface area contributed by atoms with E-state index in [0.29, 0.717) is 11.4 Å². The van der Waals surface area contributed by atoms with Crippen LogP contribution in [-0.2, 0) is 23.1 Å². The molecule has 0 aliphatic rings. The highest BCUT2D eigenvalue weighted by Crippen LogP contribution is 2.21. The molecule has 0 radical (unpaired) electrons. The molecule has 0 fully saturated rings. The molecule has 3 aromatic rings. The van der Waals surface area contributed by atoms with Gasteiger partial charge in [-0.05, 0) is 43.0 Å². The normalized spacial score (nSPS) is 12.9. The van der Waals surface area contributed by atoms with Crippen LogP contribution in [0.2, 0.25) is 0 Å². The van der Waals surface area contributed by atoms with Crippen LogP contribution in [0.3, 0.4) is 0 Å². The van der Waals surface area contributed by atoms with E-state index in [9.17, 15) is 8.42 Å². The topological polar surface area (TPSA) is 40.6 Å². The SMILES string of the molecule is CCC[C@H](CCN(C)S(=O)(=O)c1ccc(C)cc1)N(Cc1ccccc1)Cc1ccccc1. The van der Waals surface area contributed by atoms with E-state index in [4.69, 9.17) is 0 Å². The third kappa shape index (κ3) is 7.26. The van der Waals surface area contributed by atoms with E-state index in [1.807, 2.05) is 31.2 Å². The Bertz CT molecular complexity index is 1030. The summed E-state index contributed by atoms with van der Waals surface area (Å²) in [5.41, 5.74) is 3.60. The minimum Gasteiger partial charge on any atom is -0.292 e. The van der Waals surface area contributed by atoms with E-state index in [-0.39, 0.29) is 6.04 Å². The first kappa shape index (κ1) is 25.2. The Morgan fingerprint density at radius 3 is 1.76 bits per heavy atom. The van der Waals surface area contributed by atoms with Gasteiger partial charge in [-0.1, -0.05) is 91.7 Å². The molecule has 0 saturated carbocycles. The van der Waals surface area contributed by atoms with Gasteiger partial charge in [-0.3, -0.25) is 4.90 Å².